The van der Waals surface area contributed by atoms with Gasteiger partial charge in [-0.05, 0) is 0 Å². The van der Waals surface area contributed by atoms with Crippen molar-refractivity contribution in [2.24, 2.45) is 4.99 Å². The first-order valence-electron chi connectivity index (χ1n) is 3.67. The highest BCUT2D eigenvalue weighted by molar-refractivity contribution is 5.53. The van der Waals surface area contributed by atoms with Crippen LogP contribution < -0.4 is 5.43 Å². The molecule has 0 atom stereocenters. The quantitative estimate of drug-likeness (QED) is 0.312. The second-order valence-electron chi connectivity index (χ2n) is 2.69. The lowest BCUT2D eigenvalue weighted by molar-refractivity contribution is 0.510. The lowest BCUT2D eigenvalue weighted by atomic mass is 11.0. The molecule has 2 aliphatic heterocycles. The van der Waals surface area contributed by atoms with Crippen LogP contribution >= 0.6 is 0 Å². The molecule has 2 fully saturated rings. The Bertz CT molecular complexity index is 121. The van der Waals surface area contributed by atoms with E-state index in [9.17, 15) is 0 Å². The minimum atomic E-state index is 0.862. The number of nitrogens with one attached hydrogen (secondary N) is 1. The molecule has 0 saturated carbocycles. The molecule has 2 heterocycles. The number of aliphatic imine (C=N–C) groups is 1. The van der Waals surface area contributed by atoms with Crippen LogP contribution in [0.25, 0.3) is 0 Å². The molecule has 0 aromatic carbocycles. The van der Waals surface area contributed by atoms with E-state index in [1.807, 2.05) is 0 Å². The lowest BCUT2D eigenvalue weighted by Gasteiger charge is -1.96. The smallest absolute Gasteiger partial charge is 0.0984 e. The first-order chi connectivity index (χ1) is 4.95. The van der Waals surface area contributed by atoms with Crippen LogP contribution in [0.15, 0.2) is 4.99 Å². The summed E-state index contributed by atoms with van der Waals surface area (Å²) in [6.07, 6.45) is 1.78. The maximum atomic E-state index is 4.16. The van der Waals surface area contributed by atoms with Crippen LogP contribution in [0.4, 0.5) is 0 Å². The molecule has 0 aromatic heterocycles. The van der Waals surface area contributed by atoms with Gasteiger partial charge in [-0.15, -0.1) is 0 Å². The van der Waals surface area contributed by atoms with Crippen LogP contribution in [0.3, 0.4) is 0 Å². The largest absolute Gasteiger partial charge is 0.309 e. The van der Waals surface area contributed by atoms with E-state index in [0.717, 1.165) is 19.8 Å². The van der Waals surface area contributed by atoms with E-state index < -0.39 is 0 Å². The SMILES string of the molecule is C(=NCN1CC1)NN1CC1. The second kappa shape index (κ2) is 2.56. The van der Waals surface area contributed by atoms with E-state index in [1.54, 1.807) is 6.34 Å². The molecule has 0 aliphatic carbocycles. The Morgan fingerprint density at radius 2 is 2.10 bits per heavy atom. The molecular formula is C6H12N4. The van der Waals surface area contributed by atoms with Gasteiger partial charge in [0, 0.05) is 26.2 Å². The van der Waals surface area contributed by atoms with Crippen LogP contribution in [0, 0.1) is 0 Å². The predicted molar refractivity (Wildman–Crippen MR) is 39.6 cm³/mol. The van der Waals surface area contributed by atoms with Crippen LogP contribution in [0.5, 0.6) is 0 Å². The van der Waals surface area contributed by atoms with E-state index in [0.29, 0.717) is 0 Å². The third-order valence-corrected chi connectivity index (χ3v) is 1.60. The lowest BCUT2D eigenvalue weighted by Crippen LogP contribution is -2.18. The molecule has 4 nitrogen and oxygen atoms in total. The van der Waals surface area contributed by atoms with Crippen molar-refractivity contribution in [1.82, 2.24) is 15.3 Å². The van der Waals surface area contributed by atoms with Gasteiger partial charge in [-0.2, -0.15) is 0 Å². The first kappa shape index (κ1) is 6.12. The monoisotopic (exact) mass is 140 g/mol. The van der Waals surface area contributed by atoms with E-state index in [4.69, 9.17) is 0 Å². The van der Waals surface area contributed by atoms with Crippen LogP contribution in [0.1, 0.15) is 0 Å². The predicted octanol–water partition coefficient (Wildman–Crippen LogP) is -0.892. The first-order valence-corrected chi connectivity index (χ1v) is 3.67. The second-order valence-corrected chi connectivity index (χ2v) is 2.69. The van der Waals surface area contributed by atoms with Crippen LogP contribution in [-0.2, 0) is 0 Å². The maximum Gasteiger partial charge on any atom is 0.0984 e. The summed E-state index contributed by atoms with van der Waals surface area (Å²) < 4.78 is 0. The van der Waals surface area contributed by atoms with Gasteiger partial charge in [0.05, 0.1) is 13.0 Å². The molecule has 56 valence electrons. The van der Waals surface area contributed by atoms with Gasteiger partial charge in [-0.25, -0.2) is 5.01 Å². The number of hydrogen-bond donors (Lipinski definition) is 1. The number of rotatable bonds is 4. The van der Waals surface area contributed by atoms with Crippen molar-refractivity contribution >= 4 is 6.34 Å². The molecule has 0 unspecified atom stereocenters. The van der Waals surface area contributed by atoms with Gasteiger partial charge in [0.25, 0.3) is 0 Å². The molecule has 2 rings (SSSR count). The minimum absolute atomic E-state index is 0.862. The van der Waals surface area contributed by atoms with Gasteiger partial charge in [0.1, 0.15) is 0 Å². The fraction of sp³-hybridized carbons (Fsp3) is 0.833. The molecule has 0 spiro atoms. The molecule has 4 heteroatoms. The Labute approximate surface area is 60.5 Å². The number of hydrazine groups is 1. The fourth-order valence-corrected chi connectivity index (χ4v) is 0.670. The highest BCUT2D eigenvalue weighted by atomic mass is 15.6. The maximum absolute atomic E-state index is 4.16. The van der Waals surface area contributed by atoms with Crippen molar-refractivity contribution in [2.45, 2.75) is 0 Å². The summed E-state index contributed by atoms with van der Waals surface area (Å²) in [6, 6.07) is 0. The normalized spacial score (nSPS) is 25.6. The molecule has 0 bridgehead atoms. The Morgan fingerprint density at radius 3 is 2.70 bits per heavy atom. The van der Waals surface area contributed by atoms with Crippen molar-refractivity contribution in [3.8, 4) is 0 Å². The minimum Gasteiger partial charge on any atom is -0.309 e. The zero-order chi connectivity index (χ0) is 6.81. The number of nitrogens with zero attached hydrogens (tertiary/aromatic N) is 3. The third-order valence-electron chi connectivity index (χ3n) is 1.60. The third kappa shape index (κ3) is 1.97. The summed E-state index contributed by atoms with van der Waals surface area (Å²) in [5, 5.41) is 2.10. The van der Waals surface area contributed by atoms with E-state index >= 15 is 0 Å². The van der Waals surface area contributed by atoms with Gasteiger partial charge in [-0.1, -0.05) is 0 Å². The molecule has 0 amide bonds. The molecule has 1 N–H and O–H groups in total. The number of hydrogen-bond acceptors (Lipinski definition) is 3. The Kier molecular flexibility index (Phi) is 1.56. The van der Waals surface area contributed by atoms with Crippen LogP contribution in [0.2, 0.25) is 0 Å². The summed E-state index contributed by atoms with van der Waals surface area (Å²) in [5.41, 5.74) is 3.05. The summed E-state index contributed by atoms with van der Waals surface area (Å²) in [7, 11) is 0. The van der Waals surface area contributed by atoms with Gasteiger partial charge in [0.15, 0.2) is 0 Å². The molecular weight excluding hydrogens is 128 g/mol. The average Bonchev–Trinajstić information content (AvgIpc) is 2.77. The van der Waals surface area contributed by atoms with E-state index in [2.05, 4.69) is 20.3 Å². The Balaban J connectivity index is 1.53. The summed E-state index contributed by atoms with van der Waals surface area (Å²) in [6.45, 7) is 5.63. The highest BCUT2D eigenvalue weighted by Crippen LogP contribution is 2.00. The van der Waals surface area contributed by atoms with Crippen molar-refractivity contribution in [3.05, 3.63) is 0 Å². The molecule has 10 heavy (non-hydrogen) atoms. The molecule has 2 aliphatic rings. The van der Waals surface area contributed by atoms with E-state index in [-0.39, 0.29) is 0 Å². The zero-order valence-electron chi connectivity index (χ0n) is 5.95. The summed E-state index contributed by atoms with van der Waals surface area (Å²) >= 11 is 0. The van der Waals surface area contributed by atoms with Gasteiger partial charge >= 0.3 is 0 Å². The molecule has 0 radical (unpaired) electrons. The van der Waals surface area contributed by atoms with E-state index in [1.165, 1.54) is 13.1 Å². The van der Waals surface area contributed by atoms with Gasteiger partial charge in [-0.3, -0.25) is 9.89 Å². The summed E-state index contributed by atoms with van der Waals surface area (Å²) in [4.78, 5) is 6.43. The average molecular weight is 140 g/mol. The van der Waals surface area contributed by atoms with Gasteiger partial charge < -0.3 is 5.43 Å². The van der Waals surface area contributed by atoms with Crippen molar-refractivity contribution < 1.29 is 0 Å². The zero-order valence-corrected chi connectivity index (χ0v) is 5.95. The topological polar surface area (TPSA) is 30.4 Å². The molecule has 2 saturated heterocycles. The summed E-state index contributed by atoms with van der Waals surface area (Å²) in [5.74, 6) is 0. The highest BCUT2D eigenvalue weighted by Gasteiger charge is 2.16. The molecule has 0 aromatic rings. The Morgan fingerprint density at radius 1 is 1.30 bits per heavy atom. The Hall–Kier alpha value is -0.610. The van der Waals surface area contributed by atoms with Crippen molar-refractivity contribution in [2.75, 3.05) is 32.8 Å². The fourth-order valence-electron chi connectivity index (χ4n) is 0.670. The van der Waals surface area contributed by atoms with Crippen molar-refractivity contribution in [3.63, 3.8) is 0 Å². The van der Waals surface area contributed by atoms with Crippen LogP contribution in [-0.4, -0.2) is 49.1 Å². The standard InChI is InChI=1S/C6H12N4/c1-2-9(1)6-7-5-8-10-3-4-10/h5H,1-4,6H2,(H,7,8). The van der Waals surface area contributed by atoms with Crippen molar-refractivity contribution in [1.29, 1.82) is 0 Å². The van der Waals surface area contributed by atoms with Gasteiger partial charge in [0.2, 0.25) is 0 Å².